The van der Waals surface area contributed by atoms with Crippen LogP contribution < -0.4 is 5.32 Å². The average Bonchev–Trinajstić information content (AvgIpc) is 2.44. The lowest BCUT2D eigenvalue weighted by Crippen LogP contribution is -2.45. The number of aromatic hydroxyl groups is 1. The highest BCUT2D eigenvalue weighted by molar-refractivity contribution is 9.10. The predicted molar refractivity (Wildman–Crippen MR) is 96.9 cm³/mol. The van der Waals surface area contributed by atoms with Crippen LogP contribution in [-0.4, -0.2) is 36.2 Å². The fourth-order valence-electron chi connectivity index (χ4n) is 2.74. The van der Waals surface area contributed by atoms with Gasteiger partial charge in [0, 0.05) is 37.8 Å². The Morgan fingerprint density at radius 2 is 1.86 bits per heavy atom. The lowest BCUT2D eigenvalue weighted by Gasteiger charge is -2.36. The summed E-state index contributed by atoms with van der Waals surface area (Å²) in [6, 6.07) is 3.27. The molecule has 22 heavy (non-hydrogen) atoms. The lowest BCUT2D eigenvalue weighted by molar-refractivity contribution is 0.151. The molecule has 0 aromatic heterocycles. The normalized spacial score (nSPS) is 16.8. The fraction of sp³-hybridized carbons (Fsp3) is 0.600. The molecule has 128 valence electrons. The molecule has 1 saturated heterocycles. The Kier molecular flexibility index (Phi) is 9.90. The van der Waals surface area contributed by atoms with Gasteiger partial charge in [-0.1, -0.05) is 19.9 Å². The van der Waals surface area contributed by atoms with E-state index < -0.39 is 5.82 Å². The van der Waals surface area contributed by atoms with E-state index in [-0.39, 0.29) is 41.1 Å². The van der Waals surface area contributed by atoms with E-state index in [1.165, 1.54) is 6.07 Å². The number of piperazine rings is 1. The van der Waals surface area contributed by atoms with Crippen molar-refractivity contribution < 1.29 is 9.50 Å². The number of hydrogen-bond donors (Lipinski definition) is 2. The highest BCUT2D eigenvalue weighted by Crippen LogP contribution is 2.38. The number of nitrogens with one attached hydrogen (secondary N) is 1. The van der Waals surface area contributed by atoms with Crippen molar-refractivity contribution in [2.45, 2.75) is 26.3 Å². The molecule has 0 unspecified atom stereocenters. The smallest absolute Gasteiger partial charge is 0.141 e. The molecule has 1 aliphatic rings. The van der Waals surface area contributed by atoms with Gasteiger partial charge in [0.15, 0.2) is 0 Å². The quantitative estimate of drug-likeness (QED) is 0.772. The van der Waals surface area contributed by atoms with Gasteiger partial charge in [-0.2, -0.15) is 0 Å². The first-order chi connectivity index (χ1) is 9.50. The second kappa shape index (κ2) is 9.93. The minimum Gasteiger partial charge on any atom is -0.506 e. The maximum absolute atomic E-state index is 13.5. The molecule has 1 fully saturated rings. The Labute approximate surface area is 152 Å². The first-order valence-corrected chi connectivity index (χ1v) is 7.91. The van der Waals surface area contributed by atoms with Crippen LogP contribution in [0, 0.1) is 11.7 Å². The van der Waals surface area contributed by atoms with E-state index in [0.717, 1.165) is 38.2 Å². The van der Waals surface area contributed by atoms with E-state index in [4.69, 9.17) is 0 Å². The van der Waals surface area contributed by atoms with E-state index in [1.54, 1.807) is 6.07 Å². The highest BCUT2D eigenvalue weighted by Gasteiger charge is 2.26. The molecule has 3 nitrogen and oxygen atoms in total. The fourth-order valence-corrected chi connectivity index (χ4v) is 3.10. The van der Waals surface area contributed by atoms with Crippen LogP contribution in [0.15, 0.2) is 16.6 Å². The molecular formula is C15H24BrCl2FN2O. The first kappa shape index (κ1) is 21.9. The summed E-state index contributed by atoms with van der Waals surface area (Å²) in [4.78, 5) is 2.37. The minimum atomic E-state index is -0.421. The van der Waals surface area contributed by atoms with Crippen molar-refractivity contribution in [2.75, 3.05) is 26.2 Å². The van der Waals surface area contributed by atoms with Crippen molar-refractivity contribution in [3.05, 3.63) is 28.0 Å². The molecule has 0 amide bonds. The van der Waals surface area contributed by atoms with Crippen molar-refractivity contribution in [1.82, 2.24) is 10.2 Å². The maximum atomic E-state index is 13.5. The van der Waals surface area contributed by atoms with Crippen molar-refractivity contribution in [1.29, 1.82) is 0 Å². The topological polar surface area (TPSA) is 35.5 Å². The summed E-state index contributed by atoms with van der Waals surface area (Å²) in [5, 5.41) is 13.6. The van der Waals surface area contributed by atoms with Gasteiger partial charge in [-0.15, -0.1) is 24.8 Å². The summed E-state index contributed by atoms with van der Waals surface area (Å²) in [5.74, 6) is 0.127. The van der Waals surface area contributed by atoms with Gasteiger partial charge < -0.3 is 10.4 Å². The Balaban J connectivity index is 0.00000220. The van der Waals surface area contributed by atoms with Crippen LogP contribution in [0.3, 0.4) is 0 Å². The van der Waals surface area contributed by atoms with Gasteiger partial charge in [0.05, 0.1) is 4.47 Å². The first-order valence-electron chi connectivity index (χ1n) is 7.12. The Morgan fingerprint density at radius 3 is 2.41 bits per heavy atom. The summed E-state index contributed by atoms with van der Waals surface area (Å²) in [6.07, 6.45) is 0.950. The number of rotatable bonds is 4. The van der Waals surface area contributed by atoms with Crippen LogP contribution in [-0.2, 0) is 0 Å². The van der Waals surface area contributed by atoms with Gasteiger partial charge in [-0.3, -0.25) is 4.90 Å². The van der Waals surface area contributed by atoms with Crippen LogP contribution in [0.25, 0.3) is 0 Å². The van der Waals surface area contributed by atoms with E-state index in [9.17, 15) is 9.50 Å². The molecule has 0 saturated carbocycles. The van der Waals surface area contributed by atoms with Gasteiger partial charge >= 0.3 is 0 Å². The largest absolute Gasteiger partial charge is 0.506 e. The predicted octanol–water partition coefficient (Wildman–Crippen LogP) is 4.13. The zero-order valence-electron chi connectivity index (χ0n) is 12.8. The van der Waals surface area contributed by atoms with E-state index >= 15 is 0 Å². The maximum Gasteiger partial charge on any atom is 0.141 e. The van der Waals surface area contributed by atoms with Crippen molar-refractivity contribution >= 4 is 40.7 Å². The van der Waals surface area contributed by atoms with Gasteiger partial charge in [-0.05, 0) is 34.3 Å². The van der Waals surface area contributed by atoms with Crippen molar-refractivity contribution in [3.63, 3.8) is 0 Å². The van der Waals surface area contributed by atoms with Gasteiger partial charge in [0.25, 0.3) is 0 Å². The number of phenols is 1. The minimum absolute atomic E-state index is 0. The molecule has 1 heterocycles. The number of phenolic OH excluding ortho intramolecular Hbond substituents is 1. The molecule has 0 radical (unpaired) electrons. The summed E-state index contributed by atoms with van der Waals surface area (Å²) in [6.45, 7) is 8.16. The molecule has 2 rings (SSSR count). The van der Waals surface area contributed by atoms with Crippen LogP contribution in [0.4, 0.5) is 4.39 Å². The van der Waals surface area contributed by atoms with Gasteiger partial charge in [-0.25, -0.2) is 4.39 Å². The number of halogens is 4. The van der Waals surface area contributed by atoms with Crippen LogP contribution in [0.5, 0.6) is 5.75 Å². The lowest BCUT2D eigenvalue weighted by atomic mass is 9.94. The molecule has 0 spiro atoms. The molecule has 1 aromatic rings. The average molecular weight is 418 g/mol. The third kappa shape index (κ3) is 5.24. The molecule has 0 bridgehead atoms. The van der Waals surface area contributed by atoms with Crippen LogP contribution in [0.2, 0.25) is 0 Å². The number of nitrogens with zero attached hydrogens (tertiary/aromatic N) is 1. The van der Waals surface area contributed by atoms with Gasteiger partial charge in [0.1, 0.15) is 11.6 Å². The van der Waals surface area contributed by atoms with Crippen molar-refractivity contribution in [2.24, 2.45) is 5.92 Å². The summed E-state index contributed by atoms with van der Waals surface area (Å²) in [5.41, 5.74) is 0.814. The van der Waals surface area contributed by atoms with Crippen LogP contribution >= 0.6 is 40.7 Å². The van der Waals surface area contributed by atoms with E-state index in [0.29, 0.717) is 5.92 Å². The third-order valence-corrected chi connectivity index (χ3v) is 4.50. The van der Waals surface area contributed by atoms with E-state index in [1.807, 2.05) is 0 Å². The summed E-state index contributed by atoms with van der Waals surface area (Å²) >= 11 is 3.13. The molecule has 7 heteroatoms. The monoisotopic (exact) mass is 416 g/mol. The molecule has 1 aromatic carbocycles. The highest BCUT2D eigenvalue weighted by atomic mass is 79.9. The molecular weight excluding hydrogens is 394 g/mol. The molecule has 0 aliphatic carbocycles. The molecule has 1 aliphatic heterocycles. The Bertz CT molecular complexity index is 471. The zero-order chi connectivity index (χ0) is 14.7. The van der Waals surface area contributed by atoms with Crippen LogP contribution in [0.1, 0.15) is 31.9 Å². The molecule has 1 atom stereocenters. The third-order valence-electron chi connectivity index (χ3n) is 3.75. The second-order valence-electron chi connectivity index (χ2n) is 5.73. The molecule has 2 N–H and O–H groups in total. The number of benzene rings is 1. The van der Waals surface area contributed by atoms with E-state index in [2.05, 4.69) is 40.0 Å². The Hall–Kier alpha value is -0.0700. The Morgan fingerprint density at radius 1 is 1.27 bits per heavy atom. The summed E-state index contributed by atoms with van der Waals surface area (Å²) in [7, 11) is 0. The zero-order valence-corrected chi connectivity index (χ0v) is 16.0. The second-order valence-corrected chi connectivity index (χ2v) is 6.52. The van der Waals surface area contributed by atoms with Gasteiger partial charge in [0.2, 0.25) is 0 Å². The van der Waals surface area contributed by atoms with Crippen molar-refractivity contribution in [3.8, 4) is 5.75 Å². The summed E-state index contributed by atoms with van der Waals surface area (Å²) < 4.78 is 13.7. The standard InChI is InChI=1S/C15H22BrFN2O.2ClH/c1-10(2)9-13(19-7-5-18-6-8-19)11-3-4-12(17)14(16)15(11)20;;/h3-4,10,13,18,20H,5-9H2,1-2H3;2*1H/t13-;;/m1../s1. The number of hydrogen-bond acceptors (Lipinski definition) is 3. The SMILES string of the molecule is CC(C)C[C@H](c1ccc(F)c(Br)c1O)N1CCNCC1.Cl.Cl.